The van der Waals surface area contributed by atoms with Crippen molar-refractivity contribution < 1.29 is 27.9 Å². The van der Waals surface area contributed by atoms with Crippen LogP contribution in [0.15, 0.2) is 23.1 Å². The lowest BCUT2D eigenvalue weighted by atomic mass is 10.1. The Morgan fingerprint density at radius 1 is 1.30 bits per heavy atom. The van der Waals surface area contributed by atoms with Crippen LogP contribution in [0.5, 0.6) is 5.75 Å². The average molecular weight is 341 g/mol. The van der Waals surface area contributed by atoms with Crippen molar-refractivity contribution in [3.63, 3.8) is 0 Å². The van der Waals surface area contributed by atoms with Crippen molar-refractivity contribution in [3.05, 3.63) is 23.8 Å². The van der Waals surface area contributed by atoms with E-state index < -0.39 is 27.6 Å². The first kappa shape index (κ1) is 17.3. The standard InChI is InChI=1S/C15H19NO6S/c1-22-13-6-5-11(23(2,20)21)8-12(13)14(17)16-10-4-3-9(7-10)15(18)19/h5-6,8-10H,3-4,7H2,1-2H3,(H,16,17)(H,18,19)/t9-,10+/m0/s1. The molecule has 2 rings (SSSR count). The molecule has 2 atom stereocenters. The van der Waals surface area contributed by atoms with E-state index in [9.17, 15) is 18.0 Å². The number of sulfone groups is 1. The number of benzene rings is 1. The molecule has 0 radical (unpaired) electrons. The molecule has 1 aliphatic rings. The molecule has 8 heteroatoms. The molecule has 1 saturated carbocycles. The normalized spacial score (nSPS) is 21.0. The van der Waals surface area contributed by atoms with Gasteiger partial charge in [-0.1, -0.05) is 0 Å². The monoisotopic (exact) mass is 341 g/mol. The molecule has 2 N–H and O–H groups in total. The SMILES string of the molecule is COc1ccc(S(C)(=O)=O)cc1C(=O)N[C@@H]1CC[C@H](C(=O)O)C1. The average Bonchev–Trinajstić information content (AvgIpc) is 2.94. The summed E-state index contributed by atoms with van der Waals surface area (Å²) in [7, 11) is -2.05. The highest BCUT2D eigenvalue weighted by atomic mass is 32.2. The number of ether oxygens (including phenoxy) is 1. The van der Waals surface area contributed by atoms with Crippen LogP contribution >= 0.6 is 0 Å². The van der Waals surface area contributed by atoms with E-state index in [0.717, 1.165) is 6.26 Å². The van der Waals surface area contributed by atoms with E-state index in [2.05, 4.69) is 5.32 Å². The van der Waals surface area contributed by atoms with Gasteiger partial charge in [-0.3, -0.25) is 9.59 Å². The van der Waals surface area contributed by atoms with Crippen molar-refractivity contribution in [2.24, 2.45) is 5.92 Å². The van der Waals surface area contributed by atoms with Gasteiger partial charge in [-0.15, -0.1) is 0 Å². The number of carboxylic acids is 1. The van der Waals surface area contributed by atoms with Crippen LogP contribution in [0.2, 0.25) is 0 Å². The van der Waals surface area contributed by atoms with Crippen molar-refractivity contribution in [2.75, 3.05) is 13.4 Å². The molecule has 126 valence electrons. The molecule has 0 saturated heterocycles. The van der Waals surface area contributed by atoms with Crippen molar-refractivity contribution in [3.8, 4) is 5.75 Å². The van der Waals surface area contributed by atoms with Crippen molar-refractivity contribution in [1.82, 2.24) is 5.32 Å². The fourth-order valence-corrected chi connectivity index (χ4v) is 3.34. The van der Waals surface area contributed by atoms with Crippen LogP contribution in [0.1, 0.15) is 29.6 Å². The van der Waals surface area contributed by atoms with E-state index in [1.807, 2.05) is 0 Å². The van der Waals surface area contributed by atoms with E-state index in [-0.39, 0.29) is 22.3 Å². The van der Waals surface area contributed by atoms with Gasteiger partial charge in [-0.05, 0) is 37.5 Å². The minimum absolute atomic E-state index is 0.0262. The first-order valence-electron chi connectivity index (χ1n) is 7.14. The number of aliphatic carboxylic acids is 1. The summed E-state index contributed by atoms with van der Waals surface area (Å²) in [6.07, 6.45) is 2.53. The predicted octanol–water partition coefficient (Wildman–Crippen LogP) is 1.08. The Bertz CT molecular complexity index is 727. The van der Waals surface area contributed by atoms with Gasteiger partial charge in [0.05, 0.1) is 23.5 Å². The lowest BCUT2D eigenvalue weighted by Crippen LogP contribution is -2.33. The molecule has 0 spiro atoms. The summed E-state index contributed by atoms with van der Waals surface area (Å²) in [6, 6.07) is 3.84. The van der Waals surface area contributed by atoms with Gasteiger partial charge in [-0.25, -0.2) is 8.42 Å². The number of hydrogen-bond acceptors (Lipinski definition) is 5. The molecule has 1 aliphatic carbocycles. The Morgan fingerprint density at radius 3 is 2.52 bits per heavy atom. The maximum Gasteiger partial charge on any atom is 0.306 e. The van der Waals surface area contributed by atoms with E-state index in [1.165, 1.54) is 25.3 Å². The molecule has 0 heterocycles. The minimum Gasteiger partial charge on any atom is -0.496 e. The molecule has 0 aromatic heterocycles. The highest BCUT2D eigenvalue weighted by Gasteiger charge is 2.31. The second kappa shape index (κ2) is 6.57. The zero-order chi connectivity index (χ0) is 17.2. The van der Waals surface area contributed by atoms with Crippen LogP contribution in [0.25, 0.3) is 0 Å². The molecule has 0 aliphatic heterocycles. The molecular formula is C15H19NO6S. The van der Waals surface area contributed by atoms with E-state index in [0.29, 0.717) is 19.3 Å². The van der Waals surface area contributed by atoms with Gasteiger partial charge in [0.15, 0.2) is 9.84 Å². The maximum atomic E-state index is 12.4. The summed E-state index contributed by atoms with van der Waals surface area (Å²) in [5.74, 6) is -1.52. The van der Waals surface area contributed by atoms with Crippen molar-refractivity contribution in [2.45, 2.75) is 30.2 Å². The molecular weight excluding hydrogens is 322 g/mol. The topological polar surface area (TPSA) is 110 Å². The summed E-state index contributed by atoms with van der Waals surface area (Å²) in [5.41, 5.74) is 0.120. The number of methoxy groups -OCH3 is 1. The Kier molecular flexibility index (Phi) is 4.93. The first-order chi connectivity index (χ1) is 10.7. The van der Waals surface area contributed by atoms with Crippen LogP contribution in [0, 0.1) is 5.92 Å². The van der Waals surface area contributed by atoms with Crippen LogP contribution in [-0.2, 0) is 14.6 Å². The molecule has 7 nitrogen and oxygen atoms in total. The van der Waals surface area contributed by atoms with Gasteiger partial charge in [0.1, 0.15) is 5.75 Å². The highest BCUT2D eigenvalue weighted by molar-refractivity contribution is 7.90. The van der Waals surface area contributed by atoms with Gasteiger partial charge in [0.25, 0.3) is 5.91 Å². The predicted molar refractivity (Wildman–Crippen MR) is 82.3 cm³/mol. The van der Waals surface area contributed by atoms with Gasteiger partial charge < -0.3 is 15.2 Å². The third-order valence-corrected chi connectivity index (χ3v) is 5.07. The number of hydrogen-bond donors (Lipinski definition) is 2. The quantitative estimate of drug-likeness (QED) is 0.829. The third-order valence-electron chi connectivity index (χ3n) is 3.96. The van der Waals surface area contributed by atoms with Crippen LogP contribution in [0.3, 0.4) is 0 Å². The summed E-state index contributed by atoms with van der Waals surface area (Å²) in [6.45, 7) is 0. The summed E-state index contributed by atoms with van der Waals surface area (Å²) >= 11 is 0. The van der Waals surface area contributed by atoms with Crippen molar-refractivity contribution in [1.29, 1.82) is 0 Å². The molecule has 1 aromatic rings. The van der Waals surface area contributed by atoms with Crippen LogP contribution in [-0.4, -0.2) is 44.8 Å². The Hall–Kier alpha value is -2.09. The zero-order valence-corrected chi connectivity index (χ0v) is 13.7. The zero-order valence-electron chi connectivity index (χ0n) is 12.9. The molecule has 0 bridgehead atoms. The molecule has 1 fully saturated rings. The Balaban J connectivity index is 2.20. The van der Waals surface area contributed by atoms with Gasteiger partial charge in [0, 0.05) is 12.3 Å². The van der Waals surface area contributed by atoms with Gasteiger partial charge in [-0.2, -0.15) is 0 Å². The van der Waals surface area contributed by atoms with Crippen LogP contribution in [0.4, 0.5) is 0 Å². The molecule has 1 aromatic carbocycles. The van der Waals surface area contributed by atoms with E-state index in [1.54, 1.807) is 0 Å². The Labute approximate surface area is 134 Å². The lowest BCUT2D eigenvalue weighted by Gasteiger charge is -2.15. The Morgan fingerprint density at radius 2 is 2.00 bits per heavy atom. The number of carbonyl (C=O) groups excluding carboxylic acids is 1. The van der Waals surface area contributed by atoms with E-state index >= 15 is 0 Å². The number of rotatable bonds is 5. The number of carboxylic acid groups (broad SMARTS) is 1. The summed E-state index contributed by atoms with van der Waals surface area (Å²) in [5, 5.41) is 11.7. The largest absolute Gasteiger partial charge is 0.496 e. The van der Waals surface area contributed by atoms with E-state index in [4.69, 9.17) is 9.84 Å². The second-order valence-electron chi connectivity index (χ2n) is 5.65. The molecule has 1 amide bonds. The second-order valence-corrected chi connectivity index (χ2v) is 7.67. The summed E-state index contributed by atoms with van der Waals surface area (Å²) < 4.78 is 28.4. The maximum absolute atomic E-state index is 12.4. The van der Waals surface area contributed by atoms with Gasteiger partial charge in [0.2, 0.25) is 0 Å². The number of carbonyl (C=O) groups is 2. The first-order valence-corrected chi connectivity index (χ1v) is 9.03. The van der Waals surface area contributed by atoms with Crippen molar-refractivity contribution >= 4 is 21.7 Å². The van der Waals surface area contributed by atoms with Gasteiger partial charge >= 0.3 is 5.97 Å². The molecule has 23 heavy (non-hydrogen) atoms. The number of amides is 1. The fraction of sp³-hybridized carbons (Fsp3) is 0.467. The number of nitrogens with one attached hydrogen (secondary N) is 1. The fourth-order valence-electron chi connectivity index (χ4n) is 2.70. The summed E-state index contributed by atoms with van der Waals surface area (Å²) in [4.78, 5) is 23.4. The highest BCUT2D eigenvalue weighted by Crippen LogP contribution is 2.27. The van der Waals surface area contributed by atoms with Crippen LogP contribution < -0.4 is 10.1 Å². The third kappa shape index (κ3) is 4.01. The smallest absolute Gasteiger partial charge is 0.306 e. The lowest BCUT2D eigenvalue weighted by molar-refractivity contribution is -0.141. The minimum atomic E-state index is -3.44. The molecule has 0 unspecified atom stereocenters.